The van der Waals surface area contributed by atoms with Gasteiger partial charge in [0, 0.05) is 17.9 Å². The average molecular weight is 363 g/mol. The van der Waals surface area contributed by atoms with Gasteiger partial charge in [-0.25, -0.2) is 4.68 Å². The lowest BCUT2D eigenvalue weighted by molar-refractivity contribution is -0.116. The van der Waals surface area contributed by atoms with Gasteiger partial charge in [-0.15, -0.1) is 0 Å². The Morgan fingerprint density at radius 3 is 2.89 bits per heavy atom. The molecule has 1 amide bonds. The predicted octanol–water partition coefficient (Wildman–Crippen LogP) is 3.62. The van der Waals surface area contributed by atoms with Crippen LogP contribution in [0.15, 0.2) is 48.7 Å². The molecule has 1 unspecified atom stereocenters. The number of nitrogens with one attached hydrogen (secondary N) is 1. The molecule has 0 saturated heterocycles. The molecule has 0 fully saturated rings. The van der Waals surface area contributed by atoms with Gasteiger partial charge >= 0.3 is 0 Å². The van der Waals surface area contributed by atoms with Gasteiger partial charge in [0.1, 0.15) is 5.82 Å². The molecule has 1 aromatic heterocycles. The number of phenolic OH excluding ortho intramolecular Hbond substituents is 1. The lowest BCUT2D eigenvalue weighted by Crippen LogP contribution is -2.24. The van der Waals surface area contributed by atoms with E-state index in [0.717, 1.165) is 23.2 Å². The van der Waals surface area contributed by atoms with Crippen LogP contribution in [0.5, 0.6) is 11.5 Å². The summed E-state index contributed by atoms with van der Waals surface area (Å²) in [6.07, 6.45) is 3.02. The number of rotatable bonds is 4. The molecule has 2 aromatic carbocycles. The second kappa shape index (κ2) is 6.79. The monoisotopic (exact) mass is 363 g/mol. The van der Waals surface area contributed by atoms with E-state index in [0.29, 0.717) is 18.0 Å². The number of fused-ring (bicyclic) bond motifs is 1. The van der Waals surface area contributed by atoms with Crippen molar-refractivity contribution in [1.29, 1.82) is 0 Å². The second-order valence-corrected chi connectivity index (χ2v) is 6.62. The summed E-state index contributed by atoms with van der Waals surface area (Å²) in [5, 5.41) is 17.6. The van der Waals surface area contributed by atoms with Crippen LogP contribution in [0.3, 0.4) is 0 Å². The van der Waals surface area contributed by atoms with Gasteiger partial charge in [-0.05, 0) is 41.8 Å². The minimum Gasteiger partial charge on any atom is -0.504 e. The van der Waals surface area contributed by atoms with Crippen molar-refractivity contribution in [1.82, 2.24) is 9.78 Å². The molecule has 2 heterocycles. The van der Waals surface area contributed by atoms with E-state index < -0.39 is 0 Å². The maximum atomic E-state index is 12.4. The molecule has 138 valence electrons. The Morgan fingerprint density at radius 2 is 2.15 bits per heavy atom. The number of methoxy groups -OCH3 is 1. The number of anilines is 1. The van der Waals surface area contributed by atoms with Crippen LogP contribution < -0.4 is 10.1 Å². The number of benzene rings is 2. The summed E-state index contributed by atoms with van der Waals surface area (Å²) in [4.78, 5) is 12.4. The van der Waals surface area contributed by atoms with Crippen LogP contribution >= 0.6 is 0 Å². The van der Waals surface area contributed by atoms with Crippen LogP contribution in [0.4, 0.5) is 5.82 Å². The Balaban J connectivity index is 1.78. The molecule has 3 aromatic rings. The molecule has 1 aliphatic rings. The lowest BCUT2D eigenvalue weighted by atomic mass is 9.87. The van der Waals surface area contributed by atoms with Gasteiger partial charge in [0.25, 0.3) is 0 Å². The predicted molar refractivity (Wildman–Crippen MR) is 103 cm³/mol. The fourth-order valence-corrected chi connectivity index (χ4v) is 3.54. The number of aryl methyl sites for hydroxylation is 1. The molecule has 1 aliphatic heterocycles. The van der Waals surface area contributed by atoms with Gasteiger partial charge in [-0.3, -0.25) is 4.79 Å². The van der Waals surface area contributed by atoms with Crippen molar-refractivity contribution >= 4 is 11.7 Å². The van der Waals surface area contributed by atoms with Gasteiger partial charge in [0.15, 0.2) is 11.5 Å². The minimum absolute atomic E-state index is 0.0607. The van der Waals surface area contributed by atoms with Crippen LogP contribution in [0.2, 0.25) is 0 Å². The fourth-order valence-electron chi connectivity index (χ4n) is 3.54. The molecular formula is C21H21N3O3. The lowest BCUT2D eigenvalue weighted by Gasteiger charge is -2.24. The Morgan fingerprint density at radius 1 is 1.30 bits per heavy atom. The number of hydrogen-bond donors (Lipinski definition) is 2. The average Bonchev–Trinajstić information content (AvgIpc) is 3.11. The summed E-state index contributed by atoms with van der Waals surface area (Å²) in [5.74, 6) is 0.904. The van der Waals surface area contributed by atoms with Crippen LogP contribution in [0.1, 0.15) is 36.0 Å². The second-order valence-electron chi connectivity index (χ2n) is 6.62. The third kappa shape index (κ3) is 3.03. The number of ether oxygens (including phenoxy) is 1. The first-order chi connectivity index (χ1) is 13.1. The summed E-state index contributed by atoms with van der Waals surface area (Å²) in [5.41, 5.74) is 3.90. The van der Waals surface area contributed by atoms with Gasteiger partial charge in [-0.1, -0.05) is 25.1 Å². The third-order valence-electron chi connectivity index (χ3n) is 4.99. The molecule has 27 heavy (non-hydrogen) atoms. The minimum atomic E-state index is -0.173. The molecule has 1 atom stereocenters. The molecule has 0 aliphatic carbocycles. The smallest absolute Gasteiger partial charge is 0.226 e. The Hall–Kier alpha value is -3.28. The van der Waals surface area contributed by atoms with Crippen LogP contribution in [0.25, 0.3) is 5.69 Å². The highest BCUT2D eigenvalue weighted by Gasteiger charge is 2.30. The fraction of sp³-hybridized carbons (Fsp3) is 0.238. The van der Waals surface area contributed by atoms with Gasteiger partial charge in [0.05, 0.1) is 19.0 Å². The molecule has 0 saturated carbocycles. The van der Waals surface area contributed by atoms with Gasteiger partial charge < -0.3 is 15.2 Å². The van der Waals surface area contributed by atoms with E-state index in [1.54, 1.807) is 23.0 Å². The Bertz CT molecular complexity index is 1010. The highest BCUT2D eigenvalue weighted by atomic mass is 16.5. The largest absolute Gasteiger partial charge is 0.504 e. The first kappa shape index (κ1) is 17.1. The molecule has 0 radical (unpaired) electrons. The zero-order valence-corrected chi connectivity index (χ0v) is 15.3. The summed E-state index contributed by atoms with van der Waals surface area (Å²) in [6.45, 7) is 2.10. The molecule has 6 nitrogen and oxygen atoms in total. The summed E-state index contributed by atoms with van der Waals surface area (Å²) >= 11 is 0. The van der Waals surface area contributed by atoms with Crippen molar-refractivity contribution in [3.05, 3.63) is 65.4 Å². The van der Waals surface area contributed by atoms with Crippen molar-refractivity contribution in [2.75, 3.05) is 12.4 Å². The van der Waals surface area contributed by atoms with Crippen LogP contribution in [-0.4, -0.2) is 27.9 Å². The number of carbonyl (C=O) groups is 1. The molecule has 6 heteroatoms. The van der Waals surface area contributed by atoms with Crippen molar-refractivity contribution < 1.29 is 14.6 Å². The molecule has 0 bridgehead atoms. The number of nitrogens with zero attached hydrogens (tertiary/aromatic N) is 2. The Labute approximate surface area is 157 Å². The van der Waals surface area contributed by atoms with Crippen molar-refractivity contribution in [2.45, 2.75) is 25.7 Å². The molecular weight excluding hydrogens is 342 g/mol. The van der Waals surface area contributed by atoms with E-state index in [2.05, 4.69) is 29.5 Å². The maximum absolute atomic E-state index is 12.4. The molecule has 4 rings (SSSR count). The first-order valence-corrected chi connectivity index (χ1v) is 8.94. The zero-order valence-electron chi connectivity index (χ0n) is 15.3. The third-order valence-corrected chi connectivity index (χ3v) is 4.99. The number of carbonyl (C=O) groups excluding carboxylic acids is 1. The van der Waals surface area contributed by atoms with E-state index in [4.69, 9.17) is 4.74 Å². The normalized spacial score (nSPS) is 15.9. The van der Waals surface area contributed by atoms with E-state index in [9.17, 15) is 9.90 Å². The van der Waals surface area contributed by atoms with Gasteiger partial charge in [0.2, 0.25) is 5.91 Å². The summed E-state index contributed by atoms with van der Waals surface area (Å²) < 4.78 is 6.88. The van der Waals surface area contributed by atoms with Gasteiger partial charge in [-0.2, -0.15) is 5.10 Å². The molecule has 0 spiro atoms. The van der Waals surface area contributed by atoms with E-state index in [1.165, 1.54) is 12.7 Å². The summed E-state index contributed by atoms with van der Waals surface area (Å²) in [7, 11) is 1.51. The quantitative estimate of drug-likeness (QED) is 0.742. The van der Waals surface area contributed by atoms with Crippen molar-refractivity contribution in [2.24, 2.45) is 0 Å². The number of hydrogen-bond acceptors (Lipinski definition) is 4. The summed E-state index contributed by atoms with van der Waals surface area (Å²) in [6, 6.07) is 13.4. The SMILES string of the molecule is CCc1cccc(-n2ncc3c2NC(=O)CC3c2ccc(OC)c(O)c2)c1. The maximum Gasteiger partial charge on any atom is 0.226 e. The topological polar surface area (TPSA) is 76.4 Å². The number of aromatic hydroxyl groups is 1. The number of aromatic nitrogens is 2. The first-order valence-electron chi connectivity index (χ1n) is 8.94. The number of amides is 1. The van der Waals surface area contributed by atoms with Crippen LogP contribution in [-0.2, 0) is 11.2 Å². The Kier molecular flexibility index (Phi) is 4.32. The van der Waals surface area contributed by atoms with E-state index in [1.807, 2.05) is 18.2 Å². The van der Waals surface area contributed by atoms with Crippen molar-refractivity contribution in [3.8, 4) is 17.2 Å². The highest BCUT2D eigenvalue weighted by Crippen LogP contribution is 2.40. The standard InChI is InChI=1S/C21H21N3O3/c1-3-13-5-4-6-15(9-13)24-21-17(12-22-24)16(11-20(26)23-21)14-7-8-19(27-2)18(25)10-14/h4-10,12,16,25H,3,11H2,1-2H3,(H,23,26). The zero-order chi connectivity index (χ0) is 19.0. The van der Waals surface area contributed by atoms with E-state index >= 15 is 0 Å². The van der Waals surface area contributed by atoms with Crippen molar-refractivity contribution in [3.63, 3.8) is 0 Å². The number of phenols is 1. The highest BCUT2D eigenvalue weighted by molar-refractivity contribution is 5.94. The van der Waals surface area contributed by atoms with Crippen LogP contribution in [0, 0.1) is 0 Å². The van der Waals surface area contributed by atoms with E-state index in [-0.39, 0.29) is 17.6 Å². The molecule has 2 N–H and O–H groups in total.